The minimum Gasteiger partial charge on any atom is -0.478 e. The molecule has 0 aromatic heterocycles. The summed E-state index contributed by atoms with van der Waals surface area (Å²) in [5, 5.41) is 9.09. The third kappa shape index (κ3) is 6.42. The van der Waals surface area contributed by atoms with Gasteiger partial charge >= 0.3 is 5.97 Å². The van der Waals surface area contributed by atoms with E-state index in [4.69, 9.17) is 5.11 Å². The molecule has 1 N–H and O–H groups in total. The lowest BCUT2D eigenvalue weighted by molar-refractivity contribution is 0.0696. The fourth-order valence-corrected chi connectivity index (χ4v) is 3.45. The van der Waals surface area contributed by atoms with Crippen molar-refractivity contribution < 1.29 is 14.1 Å². The molecule has 0 heterocycles. The highest BCUT2D eigenvalue weighted by molar-refractivity contribution is 7.85. The van der Waals surface area contributed by atoms with E-state index in [0.717, 1.165) is 12.8 Å². The molecule has 0 aliphatic rings. The van der Waals surface area contributed by atoms with Crippen LogP contribution in [-0.4, -0.2) is 21.0 Å². The van der Waals surface area contributed by atoms with Crippen molar-refractivity contribution in [1.82, 2.24) is 0 Å². The SMILES string of the molecule is CCCCCCCCCS(=O)c1ccc(C)c(C(=O)O)c1. The highest BCUT2D eigenvalue weighted by atomic mass is 32.2. The number of carbonyl (C=O) groups is 1. The van der Waals surface area contributed by atoms with Gasteiger partial charge in [-0.2, -0.15) is 0 Å². The lowest BCUT2D eigenvalue weighted by Crippen LogP contribution is -2.04. The molecule has 4 heteroatoms. The zero-order valence-corrected chi connectivity index (χ0v) is 13.9. The molecule has 0 saturated heterocycles. The van der Waals surface area contributed by atoms with Crippen LogP contribution in [0, 0.1) is 6.92 Å². The van der Waals surface area contributed by atoms with Crippen LogP contribution in [0.25, 0.3) is 0 Å². The van der Waals surface area contributed by atoms with Crippen LogP contribution in [0.15, 0.2) is 23.1 Å². The van der Waals surface area contributed by atoms with Gasteiger partial charge in [0.25, 0.3) is 0 Å². The van der Waals surface area contributed by atoms with Gasteiger partial charge in [0.05, 0.1) is 16.4 Å². The Labute approximate surface area is 130 Å². The first-order valence-corrected chi connectivity index (χ1v) is 9.10. The number of carboxylic acid groups (broad SMARTS) is 1. The van der Waals surface area contributed by atoms with Crippen molar-refractivity contribution in [2.24, 2.45) is 0 Å². The standard InChI is InChI=1S/C17H26O3S/c1-3-4-5-6-7-8-9-12-21(20)15-11-10-14(2)16(13-15)17(18)19/h10-11,13H,3-9,12H2,1-2H3,(H,18,19). The van der Waals surface area contributed by atoms with Gasteiger partial charge in [0.1, 0.15) is 0 Å². The predicted octanol–water partition coefficient (Wildman–Crippen LogP) is 4.55. The van der Waals surface area contributed by atoms with Crippen molar-refractivity contribution in [2.45, 2.75) is 63.7 Å². The van der Waals surface area contributed by atoms with Crippen molar-refractivity contribution in [1.29, 1.82) is 0 Å². The number of unbranched alkanes of at least 4 members (excludes halogenated alkanes) is 6. The summed E-state index contributed by atoms with van der Waals surface area (Å²) in [6.07, 6.45) is 8.35. The Morgan fingerprint density at radius 2 is 1.71 bits per heavy atom. The zero-order chi connectivity index (χ0) is 15.7. The van der Waals surface area contributed by atoms with Crippen LogP contribution >= 0.6 is 0 Å². The fraction of sp³-hybridized carbons (Fsp3) is 0.588. The second-order valence-corrected chi connectivity index (χ2v) is 7.02. The van der Waals surface area contributed by atoms with Crippen molar-refractivity contribution in [3.63, 3.8) is 0 Å². The van der Waals surface area contributed by atoms with Crippen LogP contribution in [0.2, 0.25) is 0 Å². The maximum absolute atomic E-state index is 12.2. The van der Waals surface area contributed by atoms with E-state index in [0.29, 0.717) is 16.2 Å². The third-order valence-electron chi connectivity index (χ3n) is 3.64. The summed E-state index contributed by atoms with van der Waals surface area (Å²) in [5.41, 5.74) is 0.958. The van der Waals surface area contributed by atoms with Crippen molar-refractivity contribution >= 4 is 16.8 Å². The quantitative estimate of drug-likeness (QED) is 0.645. The molecular weight excluding hydrogens is 284 g/mol. The highest BCUT2D eigenvalue weighted by Gasteiger charge is 2.11. The summed E-state index contributed by atoms with van der Waals surface area (Å²) in [5.74, 6) is -0.335. The number of hydrogen-bond donors (Lipinski definition) is 1. The van der Waals surface area contributed by atoms with E-state index in [1.807, 2.05) is 0 Å². The summed E-state index contributed by atoms with van der Waals surface area (Å²) in [6, 6.07) is 5.07. The molecule has 0 saturated carbocycles. The summed E-state index contributed by atoms with van der Waals surface area (Å²) >= 11 is 0. The minimum atomic E-state index is -1.09. The van der Waals surface area contributed by atoms with E-state index < -0.39 is 16.8 Å². The van der Waals surface area contributed by atoms with Crippen molar-refractivity contribution in [3.8, 4) is 0 Å². The van der Waals surface area contributed by atoms with E-state index in [1.54, 1.807) is 25.1 Å². The van der Waals surface area contributed by atoms with Gasteiger partial charge < -0.3 is 5.11 Å². The van der Waals surface area contributed by atoms with Gasteiger partial charge in [-0.05, 0) is 31.0 Å². The average molecular weight is 310 g/mol. The largest absolute Gasteiger partial charge is 0.478 e. The van der Waals surface area contributed by atoms with Crippen LogP contribution in [-0.2, 0) is 10.8 Å². The molecule has 0 aliphatic carbocycles. The van der Waals surface area contributed by atoms with Gasteiger partial charge in [0.15, 0.2) is 0 Å². The van der Waals surface area contributed by atoms with Gasteiger partial charge in [-0.3, -0.25) is 4.21 Å². The Kier molecular flexibility index (Phi) is 8.28. The molecule has 118 valence electrons. The fourth-order valence-electron chi connectivity index (χ4n) is 2.28. The van der Waals surface area contributed by atoms with Crippen molar-refractivity contribution in [3.05, 3.63) is 29.3 Å². The van der Waals surface area contributed by atoms with E-state index in [9.17, 15) is 9.00 Å². The molecule has 1 atom stereocenters. The molecule has 0 amide bonds. The number of benzene rings is 1. The first-order chi connectivity index (χ1) is 10.1. The highest BCUT2D eigenvalue weighted by Crippen LogP contribution is 2.16. The van der Waals surface area contributed by atoms with Gasteiger partial charge in [0, 0.05) is 10.6 Å². The zero-order valence-electron chi connectivity index (χ0n) is 13.1. The summed E-state index contributed by atoms with van der Waals surface area (Å²) in [7, 11) is -1.09. The third-order valence-corrected chi connectivity index (χ3v) is 5.07. The first-order valence-electron chi connectivity index (χ1n) is 7.78. The van der Waals surface area contributed by atoms with Crippen LogP contribution in [0.5, 0.6) is 0 Å². The number of hydrogen-bond acceptors (Lipinski definition) is 2. The lowest BCUT2D eigenvalue weighted by atomic mass is 10.1. The van der Waals surface area contributed by atoms with Gasteiger partial charge in [0.2, 0.25) is 0 Å². The second kappa shape index (κ2) is 9.72. The average Bonchev–Trinajstić information content (AvgIpc) is 2.46. The molecule has 0 radical (unpaired) electrons. The molecule has 1 rings (SSSR count). The monoisotopic (exact) mass is 310 g/mol. The topological polar surface area (TPSA) is 54.4 Å². The molecule has 0 fully saturated rings. The first kappa shape index (κ1) is 17.9. The van der Waals surface area contributed by atoms with E-state index >= 15 is 0 Å². The lowest BCUT2D eigenvalue weighted by Gasteiger charge is -2.06. The molecule has 21 heavy (non-hydrogen) atoms. The number of carboxylic acids is 1. The van der Waals surface area contributed by atoms with E-state index in [1.165, 1.54) is 32.1 Å². The molecular formula is C17H26O3S. The second-order valence-electron chi connectivity index (χ2n) is 5.45. The number of rotatable bonds is 10. The molecule has 1 aromatic carbocycles. The number of aryl methyl sites for hydroxylation is 1. The van der Waals surface area contributed by atoms with E-state index in [-0.39, 0.29) is 5.56 Å². The van der Waals surface area contributed by atoms with Gasteiger partial charge in [-0.25, -0.2) is 4.79 Å². The molecule has 0 spiro atoms. The summed E-state index contributed by atoms with van der Waals surface area (Å²) in [6.45, 7) is 3.96. The Balaban J connectivity index is 2.39. The van der Waals surface area contributed by atoms with Gasteiger partial charge in [-0.1, -0.05) is 51.5 Å². The normalized spacial score (nSPS) is 12.3. The molecule has 1 unspecified atom stereocenters. The van der Waals surface area contributed by atoms with Crippen LogP contribution in [0.1, 0.15) is 67.8 Å². The van der Waals surface area contributed by atoms with Crippen molar-refractivity contribution in [2.75, 3.05) is 5.75 Å². The Bertz CT molecular complexity index is 483. The molecule has 0 aliphatic heterocycles. The molecule has 1 aromatic rings. The minimum absolute atomic E-state index is 0.250. The van der Waals surface area contributed by atoms with Crippen LogP contribution < -0.4 is 0 Å². The maximum atomic E-state index is 12.2. The van der Waals surface area contributed by atoms with Crippen LogP contribution in [0.4, 0.5) is 0 Å². The van der Waals surface area contributed by atoms with E-state index in [2.05, 4.69) is 6.92 Å². The summed E-state index contributed by atoms with van der Waals surface area (Å²) in [4.78, 5) is 11.7. The Morgan fingerprint density at radius 1 is 1.10 bits per heavy atom. The maximum Gasteiger partial charge on any atom is 0.335 e. The predicted molar refractivity (Wildman–Crippen MR) is 87.4 cm³/mol. The number of aromatic carboxylic acids is 1. The Hall–Kier alpha value is -1.16. The molecule has 0 bridgehead atoms. The van der Waals surface area contributed by atoms with Crippen LogP contribution in [0.3, 0.4) is 0 Å². The van der Waals surface area contributed by atoms with Gasteiger partial charge in [-0.15, -0.1) is 0 Å². The molecule has 3 nitrogen and oxygen atoms in total. The Morgan fingerprint density at radius 3 is 2.33 bits per heavy atom. The summed E-state index contributed by atoms with van der Waals surface area (Å²) < 4.78 is 12.2. The smallest absolute Gasteiger partial charge is 0.335 e.